The quantitative estimate of drug-likeness (QED) is 0.465. The van der Waals surface area contributed by atoms with Crippen LogP contribution in [0.5, 0.6) is 0 Å². The molecule has 1 aliphatic carbocycles. The third-order valence-electron chi connectivity index (χ3n) is 6.31. The van der Waals surface area contributed by atoms with Crippen molar-refractivity contribution in [3.63, 3.8) is 0 Å². The lowest BCUT2D eigenvalue weighted by Gasteiger charge is -2.20. The van der Waals surface area contributed by atoms with Crippen LogP contribution in [0.25, 0.3) is 0 Å². The fraction of sp³-hybridized carbons (Fsp3) is 0.727. The molecule has 0 aromatic carbocycles. The summed E-state index contributed by atoms with van der Waals surface area (Å²) >= 11 is 0. The zero-order chi connectivity index (χ0) is 19.6. The fourth-order valence-corrected chi connectivity index (χ4v) is 4.29. The number of hydrogen-bond acceptors (Lipinski definition) is 5. The summed E-state index contributed by atoms with van der Waals surface area (Å²) in [7, 11) is 0. The number of ketones is 1. The highest BCUT2D eigenvalue weighted by atomic mass is 16.6. The van der Waals surface area contributed by atoms with E-state index in [9.17, 15) is 9.59 Å². The van der Waals surface area contributed by atoms with E-state index in [1.165, 1.54) is 11.1 Å². The summed E-state index contributed by atoms with van der Waals surface area (Å²) < 4.78 is 11.5. The summed E-state index contributed by atoms with van der Waals surface area (Å²) in [5.41, 5.74) is 1.87. The van der Waals surface area contributed by atoms with Crippen molar-refractivity contribution >= 4 is 11.8 Å². The van der Waals surface area contributed by atoms with Crippen LogP contribution in [0.15, 0.2) is 23.3 Å². The van der Waals surface area contributed by atoms with E-state index >= 15 is 0 Å². The van der Waals surface area contributed by atoms with Crippen LogP contribution in [0.4, 0.5) is 0 Å². The molecule has 5 nitrogen and oxygen atoms in total. The van der Waals surface area contributed by atoms with Crippen LogP contribution in [-0.4, -0.2) is 42.7 Å². The Hall–Kier alpha value is -1.46. The van der Waals surface area contributed by atoms with E-state index in [1.54, 1.807) is 0 Å². The van der Waals surface area contributed by atoms with Gasteiger partial charge in [-0.2, -0.15) is 0 Å². The molecule has 150 valence electrons. The highest BCUT2D eigenvalue weighted by Crippen LogP contribution is 2.44. The zero-order valence-electron chi connectivity index (χ0n) is 17.0. The van der Waals surface area contributed by atoms with Crippen LogP contribution in [0, 0.1) is 11.8 Å². The average molecular weight is 376 g/mol. The van der Waals surface area contributed by atoms with Gasteiger partial charge in [-0.05, 0) is 59.1 Å². The van der Waals surface area contributed by atoms with Crippen molar-refractivity contribution < 1.29 is 19.1 Å². The van der Waals surface area contributed by atoms with Crippen molar-refractivity contribution in [2.45, 2.75) is 77.6 Å². The van der Waals surface area contributed by atoms with Crippen LogP contribution in [0.3, 0.4) is 0 Å². The lowest BCUT2D eigenvalue weighted by molar-refractivity contribution is -0.143. The molecule has 1 N–H and O–H groups in total. The SMILES string of the molecule is CCNC[C@H]1C(=O)O[C@H]2/C=C(\C)CC/C=C(\C)CC[C@@H]3O[C@@]3(C)C(=O)C[C@H]21. The summed E-state index contributed by atoms with van der Waals surface area (Å²) in [6.45, 7) is 9.49. The van der Waals surface area contributed by atoms with Crippen molar-refractivity contribution in [3.8, 4) is 0 Å². The van der Waals surface area contributed by atoms with Gasteiger partial charge in [0.15, 0.2) is 5.78 Å². The maximum absolute atomic E-state index is 13.0. The number of carbonyl (C=O) groups is 2. The van der Waals surface area contributed by atoms with Crippen molar-refractivity contribution in [2.24, 2.45) is 11.8 Å². The number of esters is 1. The number of hydrogen-bond donors (Lipinski definition) is 1. The van der Waals surface area contributed by atoms with E-state index in [4.69, 9.17) is 9.47 Å². The van der Waals surface area contributed by atoms with Gasteiger partial charge in [0.2, 0.25) is 0 Å². The van der Waals surface area contributed by atoms with Crippen molar-refractivity contribution in [1.82, 2.24) is 5.32 Å². The molecular formula is C22H33NO4. The van der Waals surface area contributed by atoms with E-state index in [-0.39, 0.29) is 35.8 Å². The maximum Gasteiger partial charge on any atom is 0.311 e. The van der Waals surface area contributed by atoms with Crippen molar-refractivity contribution in [3.05, 3.63) is 23.3 Å². The molecule has 27 heavy (non-hydrogen) atoms. The lowest BCUT2D eigenvalue weighted by atomic mass is 9.81. The molecule has 0 spiro atoms. The van der Waals surface area contributed by atoms with Gasteiger partial charge in [0.25, 0.3) is 0 Å². The highest BCUT2D eigenvalue weighted by Gasteiger charge is 2.58. The Kier molecular flexibility index (Phi) is 6.21. The van der Waals surface area contributed by atoms with Crippen molar-refractivity contribution in [2.75, 3.05) is 13.1 Å². The second-order valence-electron chi connectivity index (χ2n) is 8.46. The largest absolute Gasteiger partial charge is 0.458 e. The van der Waals surface area contributed by atoms with Crippen LogP contribution >= 0.6 is 0 Å². The van der Waals surface area contributed by atoms with E-state index < -0.39 is 5.60 Å². The molecule has 0 bridgehead atoms. The van der Waals surface area contributed by atoms with Gasteiger partial charge < -0.3 is 14.8 Å². The molecule has 0 unspecified atom stereocenters. The van der Waals surface area contributed by atoms with Crippen molar-refractivity contribution in [1.29, 1.82) is 0 Å². The molecule has 2 aliphatic heterocycles. The molecule has 0 radical (unpaired) electrons. The number of Topliss-reactive ketones (excluding diaryl/α,β-unsaturated/α-hetero) is 1. The fourth-order valence-electron chi connectivity index (χ4n) is 4.29. The Morgan fingerprint density at radius 2 is 2.00 bits per heavy atom. The number of fused-ring (bicyclic) bond motifs is 2. The number of nitrogens with one attached hydrogen (secondary N) is 1. The van der Waals surface area contributed by atoms with Gasteiger partial charge in [0, 0.05) is 18.9 Å². The first kappa shape index (κ1) is 20.3. The molecule has 5 heteroatoms. The predicted octanol–water partition coefficient (Wildman–Crippen LogP) is 3.34. The van der Waals surface area contributed by atoms with E-state index in [0.29, 0.717) is 13.0 Å². The minimum absolute atomic E-state index is 0.00254. The standard InChI is InChI=1S/C22H33NO4/c1-5-23-13-17-16-12-19(24)22(4)20(27-22)10-9-14(2)7-6-8-15(3)11-18(16)26-21(17)25/h7,11,16-18,20,23H,5-6,8-10,12-13H2,1-4H3/b14-7+,15-11+/t16-,17+,18-,20-,22-/m0/s1. The van der Waals surface area contributed by atoms with Gasteiger partial charge >= 0.3 is 5.97 Å². The van der Waals surface area contributed by atoms with Gasteiger partial charge in [0.1, 0.15) is 11.7 Å². The molecule has 0 aromatic rings. The molecule has 0 saturated carbocycles. The number of allylic oxidation sites excluding steroid dienone is 3. The third-order valence-corrected chi connectivity index (χ3v) is 6.31. The molecular weight excluding hydrogens is 342 g/mol. The number of carbonyl (C=O) groups excluding carboxylic acids is 2. The Morgan fingerprint density at radius 1 is 1.22 bits per heavy atom. The lowest BCUT2D eigenvalue weighted by Crippen LogP contribution is -2.35. The first-order valence-corrected chi connectivity index (χ1v) is 10.3. The van der Waals surface area contributed by atoms with Crippen LogP contribution in [0.2, 0.25) is 0 Å². The molecule has 0 aromatic heterocycles. The monoisotopic (exact) mass is 375 g/mol. The Labute approximate surface area is 162 Å². The van der Waals surface area contributed by atoms with E-state index in [1.807, 2.05) is 13.8 Å². The summed E-state index contributed by atoms with van der Waals surface area (Å²) in [4.78, 5) is 25.5. The van der Waals surface area contributed by atoms with E-state index in [0.717, 1.165) is 32.2 Å². The predicted molar refractivity (Wildman–Crippen MR) is 104 cm³/mol. The maximum atomic E-state index is 13.0. The van der Waals surface area contributed by atoms with E-state index in [2.05, 4.69) is 31.3 Å². The third kappa shape index (κ3) is 4.52. The first-order chi connectivity index (χ1) is 12.8. The van der Waals surface area contributed by atoms with Crippen LogP contribution in [0.1, 0.15) is 59.8 Å². The minimum atomic E-state index is -0.692. The summed E-state index contributed by atoms with van der Waals surface area (Å²) in [6.07, 6.45) is 8.12. The van der Waals surface area contributed by atoms with Gasteiger partial charge in [-0.15, -0.1) is 0 Å². The number of epoxide rings is 1. The average Bonchev–Trinajstić information content (AvgIpc) is 3.20. The normalized spacial score (nSPS) is 41.3. The first-order valence-electron chi connectivity index (χ1n) is 10.3. The molecule has 2 heterocycles. The molecule has 2 saturated heterocycles. The van der Waals surface area contributed by atoms with Crippen LogP contribution < -0.4 is 5.32 Å². The summed E-state index contributed by atoms with van der Waals surface area (Å²) in [5, 5.41) is 3.25. The highest BCUT2D eigenvalue weighted by molar-refractivity contribution is 5.91. The smallest absolute Gasteiger partial charge is 0.311 e. The Balaban J connectivity index is 1.85. The minimum Gasteiger partial charge on any atom is -0.458 e. The summed E-state index contributed by atoms with van der Waals surface area (Å²) in [5.74, 6) is -0.493. The number of ether oxygens (including phenoxy) is 2. The van der Waals surface area contributed by atoms with Gasteiger partial charge in [-0.25, -0.2) is 0 Å². The van der Waals surface area contributed by atoms with Gasteiger partial charge in [0.05, 0.1) is 12.0 Å². The number of rotatable bonds is 3. The molecule has 3 aliphatic rings. The molecule has 5 atom stereocenters. The van der Waals surface area contributed by atoms with Gasteiger partial charge in [-0.1, -0.05) is 24.1 Å². The molecule has 3 rings (SSSR count). The Morgan fingerprint density at radius 3 is 2.74 bits per heavy atom. The molecule has 2 fully saturated rings. The van der Waals surface area contributed by atoms with Crippen LogP contribution in [-0.2, 0) is 19.1 Å². The Bertz CT molecular complexity index is 653. The summed E-state index contributed by atoms with van der Waals surface area (Å²) in [6, 6.07) is 0. The second-order valence-corrected chi connectivity index (χ2v) is 8.46. The zero-order valence-corrected chi connectivity index (χ0v) is 17.0. The second kappa shape index (κ2) is 8.27. The van der Waals surface area contributed by atoms with Gasteiger partial charge in [-0.3, -0.25) is 9.59 Å². The topological polar surface area (TPSA) is 67.9 Å². The molecule has 0 amide bonds.